The maximum Gasteiger partial charge on any atom is 0.227 e. The van der Waals surface area contributed by atoms with E-state index in [0.29, 0.717) is 13.1 Å². The predicted molar refractivity (Wildman–Crippen MR) is 106 cm³/mol. The number of benzene rings is 2. The Morgan fingerprint density at radius 2 is 1.77 bits per heavy atom. The van der Waals surface area contributed by atoms with Crippen LogP contribution in [0.25, 0.3) is 0 Å². The zero-order valence-corrected chi connectivity index (χ0v) is 16.0. The van der Waals surface area contributed by atoms with Crippen molar-refractivity contribution in [3.05, 3.63) is 59.7 Å². The van der Waals surface area contributed by atoms with E-state index in [2.05, 4.69) is 12.2 Å². The molecule has 1 aliphatic rings. The molecule has 26 heavy (non-hydrogen) atoms. The van der Waals surface area contributed by atoms with Crippen molar-refractivity contribution in [1.29, 1.82) is 0 Å². The average molecular weight is 369 g/mol. The first kappa shape index (κ1) is 18.5. The third-order valence-corrected chi connectivity index (χ3v) is 5.52. The van der Waals surface area contributed by atoms with Gasteiger partial charge in [0.1, 0.15) is 0 Å². The van der Waals surface area contributed by atoms with Crippen molar-refractivity contribution >= 4 is 29.3 Å². The normalized spacial score (nSPS) is 16.8. The lowest BCUT2D eigenvalue weighted by atomic mass is 10.1. The minimum absolute atomic E-state index is 0.0127. The Hall–Kier alpha value is -2.27. The number of nitrogens with zero attached hydrogens (tertiary/aromatic N) is 1. The summed E-state index contributed by atoms with van der Waals surface area (Å²) in [6.45, 7) is 3.04. The number of anilines is 1. The van der Waals surface area contributed by atoms with Gasteiger partial charge in [-0.15, -0.1) is 11.8 Å². The standard InChI is InChI=1S/C21H24N2O2S/c1-3-15-4-8-18(9-5-15)23-14-17(12-20(23)24)21(25)22-13-16-6-10-19(26-2)11-7-16/h4-11,17H,3,12-14H2,1-2H3,(H,22,25). The molecular formula is C21H24N2O2S. The van der Waals surface area contributed by atoms with Gasteiger partial charge in [-0.3, -0.25) is 9.59 Å². The fraction of sp³-hybridized carbons (Fsp3) is 0.333. The third-order valence-electron chi connectivity index (χ3n) is 4.78. The number of thioether (sulfide) groups is 1. The maximum atomic E-state index is 12.5. The van der Waals surface area contributed by atoms with Crippen molar-refractivity contribution < 1.29 is 9.59 Å². The Kier molecular flexibility index (Phi) is 5.99. The third kappa shape index (κ3) is 4.28. The molecule has 1 atom stereocenters. The topological polar surface area (TPSA) is 49.4 Å². The zero-order chi connectivity index (χ0) is 18.5. The number of nitrogens with one attached hydrogen (secondary N) is 1. The Bertz CT molecular complexity index is 772. The molecule has 0 aromatic heterocycles. The second kappa shape index (κ2) is 8.41. The number of hydrogen-bond acceptors (Lipinski definition) is 3. The van der Waals surface area contributed by atoms with Crippen LogP contribution in [0.4, 0.5) is 5.69 Å². The van der Waals surface area contributed by atoms with Crippen LogP contribution >= 0.6 is 11.8 Å². The minimum atomic E-state index is -0.293. The molecule has 4 nitrogen and oxygen atoms in total. The largest absolute Gasteiger partial charge is 0.352 e. The van der Waals surface area contributed by atoms with Crippen molar-refractivity contribution in [2.75, 3.05) is 17.7 Å². The molecule has 0 bridgehead atoms. The molecule has 1 unspecified atom stereocenters. The molecule has 1 aliphatic heterocycles. The number of rotatable bonds is 6. The van der Waals surface area contributed by atoms with Gasteiger partial charge in [-0.25, -0.2) is 0 Å². The summed E-state index contributed by atoms with van der Waals surface area (Å²) in [6, 6.07) is 16.1. The Morgan fingerprint density at radius 1 is 1.12 bits per heavy atom. The van der Waals surface area contributed by atoms with E-state index in [0.717, 1.165) is 17.7 Å². The van der Waals surface area contributed by atoms with Crippen molar-refractivity contribution in [3.63, 3.8) is 0 Å². The fourth-order valence-electron chi connectivity index (χ4n) is 3.12. The first-order chi connectivity index (χ1) is 12.6. The molecule has 0 aliphatic carbocycles. The van der Waals surface area contributed by atoms with Gasteiger partial charge >= 0.3 is 0 Å². The molecule has 3 rings (SSSR count). The molecule has 1 N–H and O–H groups in total. The van der Waals surface area contributed by atoms with Crippen LogP contribution in [0.2, 0.25) is 0 Å². The quantitative estimate of drug-likeness (QED) is 0.792. The zero-order valence-electron chi connectivity index (χ0n) is 15.2. The molecule has 1 saturated heterocycles. The van der Waals surface area contributed by atoms with Crippen LogP contribution in [0, 0.1) is 5.92 Å². The van der Waals surface area contributed by atoms with Crippen molar-refractivity contribution in [2.45, 2.75) is 31.2 Å². The number of aryl methyl sites for hydroxylation is 1. The lowest BCUT2D eigenvalue weighted by Crippen LogP contribution is -2.32. The molecule has 0 spiro atoms. The number of amides is 2. The molecule has 2 aromatic rings. The molecule has 0 radical (unpaired) electrons. The summed E-state index contributed by atoms with van der Waals surface area (Å²) in [6.07, 6.45) is 3.28. The first-order valence-corrected chi connectivity index (χ1v) is 10.1. The van der Waals surface area contributed by atoms with Crippen molar-refractivity contribution in [2.24, 2.45) is 5.92 Å². The fourth-order valence-corrected chi connectivity index (χ4v) is 3.53. The van der Waals surface area contributed by atoms with Gasteiger partial charge < -0.3 is 10.2 Å². The summed E-state index contributed by atoms with van der Waals surface area (Å²) in [5.74, 6) is -0.336. The van der Waals surface area contributed by atoms with Crippen molar-refractivity contribution in [3.8, 4) is 0 Å². The van der Waals surface area contributed by atoms with Gasteiger partial charge in [0.15, 0.2) is 0 Å². The summed E-state index contributed by atoms with van der Waals surface area (Å²) < 4.78 is 0. The summed E-state index contributed by atoms with van der Waals surface area (Å²) in [5, 5.41) is 2.96. The van der Waals surface area contributed by atoms with Gasteiger partial charge in [0.05, 0.1) is 5.92 Å². The maximum absolute atomic E-state index is 12.5. The average Bonchev–Trinajstić information content (AvgIpc) is 3.08. The second-order valence-electron chi connectivity index (χ2n) is 6.49. The monoisotopic (exact) mass is 368 g/mol. The van der Waals surface area contributed by atoms with E-state index in [4.69, 9.17) is 0 Å². The van der Waals surface area contributed by atoms with Gasteiger partial charge in [0.2, 0.25) is 11.8 Å². The first-order valence-electron chi connectivity index (χ1n) is 8.90. The van der Waals surface area contributed by atoms with Crippen LogP contribution in [0.3, 0.4) is 0 Å². The highest BCUT2D eigenvalue weighted by molar-refractivity contribution is 7.98. The van der Waals surface area contributed by atoms with Crippen LogP contribution < -0.4 is 10.2 Å². The van der Waals surface area contributed by atoms with E-state index < -0.39 is 0 Å². The van der Waals surface area contributed by atoms with Gasteiger partial charge in [0, 0.05) is 30.1 Å². The predicted octanol–water partition coefficient (Wildman–Crippen LogP) is 3.64. The lowest BCUT2D eigenvalue weighted by Gasteiger charge is -2.17. The molecular weight excluding hydrogens is 344 g/mol. The van der Waals surface area contributed by atoms with Crippen LogP contribution in [-0.2, 0) is 22.6 Å². The molecule has 2 amide bonds. The highest BCUT2D eigenvalue weighted by atomic mass is 32.2. The molecule has 0 saturated carbocycles. The number of carbonyl (C=O) groups excluding carboxylic acids is 2. The van der Waals surface area contributed by atoms with E-state index in [1.807, 2.05) is 54.8 Å². The number of carbonyl (C=O) groups is 2. The second-order valence-corrected chi connectivity index (χ2v) is 7.37. The summed E-state index contributed by atoms with van der Waals surface area (Å²) in [5.41, 5.74) is 3.17. The summed E-state index contributed by atoms with van der Waals surface area (Å²) in [4.78, 5) is 27.7. The number of hydrogen-bond donors (Lipinski definition) is 1. The van der Waals surface area contributed by atoms with E-state index in [9.17, 15) is 9.59 Å². The van der Waals surface area contributed by atoms with Gasteiger partial charge in [-0.2, -0.15) is 0 Å². The molecule has 5 heteroatoms. The SMILES string of the molecule is CCc1ccc(N2CC(C(=O)NCc3ccc(SC)cc3)CC2=O)cc1. The molecule has 136 valence electrons. The molecule has 1 fully saturated rings. The molecule has 1 heterocycles. The van der Waals surface area contributed by atoms with Crippen LogP contribution in [0.1, 0.15) is 24.5 Å². The van der Waals surface area contributed by atoms with Gasteiger partial charge in [-0.1, -0.05) is 31.2 Å². The van der Waals surface area contributed by atoms with E-state index in [1.165, 1.54) is 10.5 Å². The Balaban J connectivity index is 1.57. The Morgan fingerprint density at radius 3 is 2.38 bits per heavy atom. The van der Waals surface area contributed by atoms with Crippen LogP contribution in [-0.4, -0.2) is 24.6 Å². The van der Waals surface area contributed by atoms with Crippen LogP contribution in [0.15, 0.2) is 53.4 Å². The van der Waals surface area contributed by atoms with E-state index in [1.54, 1.807) is 16.7 Å². The summed E-state index contributed by atoms with van der Waals surface area (Å²) >= 11 is 1.69. The Labute approximate surface area is 159 Å². The smallest absolute Gasteiger partial charge is 0.227 e. The minimum Gasteiger partial charge on any atom is -0.352 e. The van der Waals surface area contributed by atoms with Gasteiger partial charge in [-0.05, 0) is 48.1 Å². The highest BCUT2D eigenvalue weighted by Gasteiger charge is 2.34. The van der Waals surface area contributed by atoms with Crippen LogP contribution in [0.5, 0.6) is 0 Å². The van der Waals surface area contributed by atoms with Gasteiger partial charge in [0.25, 0.3) is 0 Å². The highest BCUT2D eigenvalue weighted by Crippen LogP contribution is 2.25. The lowest BCUT2D eigenvalue weighted by molar-refractivity contribution is -0.126. The molecule has 2 aromatic carbocycles. The van der Waals surface area contributed by atoms with Crippen molar-refractivity contribution in [1.82, 2.24) is 5.32 Å². The summed E-state index contributed by atoms with van der Waals surface area (Å²) in [7, 11) is 0. The van der Waals surface area contributed by atoms with E-state index >= 15 is 0 Å². The van der Waals surface area contributed by atoms with E-state index in [-0.39, 0.29) is 24.2 Å².